The van der Waals surface area contributed by atoms with Crippen LogP contribution in [-0.4, -0.2) is 41.2 Å². The second-order valence-corrected chi connectivity index (χ2v) is 11.3. The maximum atomic E-state index is 13.6. The highest BCUT2D eigenvalue weighted by atomic mass is 32.1. The van der Waals surface area contributed by atoms with Crippen LogP contribution in [0.25, 0.3) is 0 Å². The quantitative estimate of drug-likeness (QED) is 0.576. The van der Waals surface area contributed by atoms with Crippen molar-refractivity contribution in [1.29, 1.82) is 0 Å². The van der Waals surface area contributed by atoms with E-state index in [0.717, 1.165) is 37.7 Å². The van der Waals surface area contributed by atoms with Crippen molar-refractivity contribution >= 4 is 23.2 Å². The number of benzene rings is 1. The van der Waals surface area contributed by atoms with Crippen molar-refractivity contribution in [3.63, 3.8) is 0 Å². The van der Waals surface area contributed by atoms with Crippen LogP contribution in [0.3, 0.4) is 0 Å². The van der Waals surface area contributed by atoms with Crippen molar-refractivity contribution in [2.24, 2.45) is 5.92 Å². The summed E-state index contributed by atoms with van der Waals surface area (Å²) in [5, 5.41) is 2.14. The lowest BCUT2D eigenvalue weighted by atomic mass is 9.84. The molecular formula is C27H36N2O2S. The van der Waals surface area contributed by atoms with E-state index in [0.29, 0.717) is 13.1 Å². The molecule has 1 aromatic heterocycles. The molecular weight excluding hydrogens is 416 g/mol. The van der Waals surface area contributed by atoms with Gasteiger partial charge in [-0.05, 0) is 59.2 Å². The Balaban J connectivity index is 1.60. The lowest BCUT2D eigenvalue weighted by molar-refractivity contribution is -0.145. The smallest absolute Gasteiger partial charge is 0.242 e. The summed E-state index contributed by atoms with van der Waals surface area (Å²) in [5.41, 5.74) is 3.78. The van der Waals surface area contributed by atoms with Crippen molar-refractivity contribution < 1.29 is 9.59 Å². The molecule has 2 heterocycles. The Kier molecular flexibility index (Phi) is 6.75. The van der Waals surface area contributed by atoms with Crippen LogP contribution in [0, 0.1) is 5.92 Å². The number of hydrogen-bond donors (Lipinski definition) is 0. The standard InChI is InChI=1S/C27H36N2O2S/c1-5-15-28(26(31)20-7-6-8-20)18-24(30)29-16-13-23-22(14-17-32-23)25(29)19-9-11-21(12-10-19)27(2,3)4/h9-12,14,17,20,25H,5-8,13,15-16,18H2,1-4H3. The zero-order valence-electron chi connectivity index (χ0n) is 19.9. The molecule has 2 aliphatic rings. The molecule has 1 aliphatic carbocycles. The molecule has 172 valence electrons. The van der Waals surface area contributed by atoms with Gasteiger partial charge in [0.1, 0.15) is 0 Å². The van der Waals surface area contributed by atoms with Crippen LogP contribution >= 0.6 is 11.3 Å². The topological polar surface area (TPSA) is 40.6 Å². The van der Waals surface area contributed by atoms with Gasteiger partial charge in [-0.15, -0.1) is 11.3 Å². The van der Waals surface area contributed by atoms with Crippen molar-refractivity contribution in [2.45, 2.75) is 71.3 Å². The number of carbonyl (C=O) groups excluding carboxylic acids is 2. The summed E-state index contributed by atoms with van der Waals surface area (Å²) in [4.78, 5) is 31.7. The Morgan fingerprint density at radius 2 is 1.84 bits per heavy atom. The number of nitrogens with zero attached hydrogens (tertiary/aromatic N) is 2. The molecule has 1 fully saturated rings. The third-order valence-electron chi connectivity index (χ3n) is 6.96. The number of carbonyl (C=O) groups is 2. The number of fused-ring (bicyclic) bond motifs is 1. The molecule has 4 nitrogen and oxygen atoms in total. The van der Waals surface area contributed by atoms with E-state index in [1.165, 1.54) is 16.0 Å². The van der Waals surface area contributed by atoms with Crippen LogP contribution in [0.15, 0.2) is 35.7 Å². The SMILES string of the molecule is CCCN(CC(=O)N1CCc2sccc2C1c1ccc(C(C)(C)C)cc1)C(=O)C1CCC1. The fourth-order valence-electron chi connectivity index (χ4n) is 4.81. The number of thiophene rings is 1. The molecule has 0 spiro atoms. The number of hydrogen-bond acceptors (Lipinski definition) is 3. The Bertz CT molecular complexity index is 953. The van der Waals surface area contributed by atoms with Gasteiger partial charge in [-0.25, -0.2) is 0 Å². The Labute approximate surface area is 196 Å². The predicted molar refractivity (Wildman–Crippen MR) is 131 cm³/mol. The predicted octanol–water partition coefficient (Wildman–Crippen LogP) is 5.56. The van der Waals surface area contributed by atoms with Gasteiger partial charge in [0.05, 0.1) is 12.6 Å². The van der Waals surface area contributed by atoms with Crippen LogP contribution in [-0.2, 0) is 21.4 Å². The van der Waals surface area contributed by atoms with Gasteiger partial charge in [0.15, 0.2) is 0 Å². The molecule has 32 heavy (non-hydrogen) atoms. The highest BCUT2D eigenvalue weighted by molar-refractivity contribution is 7.10. The molecule has 1 aromatic carbocycles. The van der Waals surface area contributed by atoms with Crippen molar-refractivity contribution in [3.05, 3.63) is 57.3 Å². The molecule has 0 bridgehead atoms. The van der Waals surface area contributed by atoms with Gasteiger partial charge >= 0.3 is 0 Å². The van der Waals surface area contributed by atoms with Gasteiger partial charge in [-0.2, -0.15) is 0 Å². The largest absolute Gasteiger partial charge is 0.333 e. The summed E-state index contributed by atoms with van der Waals surface area (Å²) in [7, 11) is 0. The second-order valence-electron chi connectivity index (χ2n) is 10.3. The minimum Gasteiger partial charge on any atom is -0.333 e. The fraction of sp³-hybridized carbons (Fsp3) is 0.556. The van der Waals surface area contributed by atoms with Crippen LogP contribution in [0.4, 0.5) is 0 Å². The summed E-state index contributed by atoms with van der Waals surface area (Å²) in [6.45, 7) is 10.3. The monoisotopic (exact) mass is 452 g/mol. The first-order valence-electron chi connectivity index (χ1n) is 12.0. The fourth-order valence-corrected chi connectivity index (χ4v) is 5.72. The van der Waals surface area contributed by atoms with Crippen LogP contribution < -0.4 is 0 Å². The highest BCUT2D eigenvalue weighted by Gasteiger charge is 2.35. The second kappa shape index (κ2) is 9.38. The summed E-state index contributed by atoms with van der Waals surface area (Å²) >= 11 is 1.78. The molecule has 0 N–H and O–H groups in total. The number of amides is 2. The van der Waals surface area contributed by atoms with Crippen molar-refractivity contribution in [1.82, 2.24) is 9.80 Å². The molecule has 4 rings (SSSR count). The molecule has 1 unspecified atom stereocenters. The van der Waals surface area contributed by atoms with E-state index in [2.05, 4.69) is 63.4 Å². The lowest BCUT2D eigenvalue weighted by Crippen LogP contribution is -2.48. The van der Waals surface area contributed by atoms with Gasteiger partial charge in [0.2, 0.25) is 11.8 Å². The molecule has 0 saturated heterocycles. The first-order valence-corrected chi connectivity index (χ1v) is 12.9. The van der Waals surface area contributed by atoms with E-state index in [1.807, 2.05) is 9.80 Å². The molecule has 1 atom stereocenters. The Hall–Kier alpha value is -2.14. The third-order valence-corrected chi connectivity index (χ3v) is 7.96. The molecule has 2 amide bonds. The molecule has 1 saturated carbocycles. The van der Waals surface area contributed by atoms with Gasteiger partial charge < -0.3 is 9.80 Å². The highest BCUT2D eigenvalue weighted by Crippen LogP contribution is 2.38. The minimum atomic E-state index is -0.0752. The van der Waals surface area contributed by atoms with E-state index in [1.54, 1.807) is 11.3 Å². The number of rotatable bonds is 6. The Morgan fingerprint density at radius 1 is 1.12 bits per heavy atom. The normalized spacial score (nSPS) is 18.8. The molecule has 0 radical (unpaired) electrons. The summed E-state index contributed by atoms with van der Waals surface area (Å²) < 4.78 is 0. The van der Waals surface area contributed by atoms with Crippen LogP contribution in [0.1, 0.15) is 81.0 Å². The molecule has 1 aliphatic heterocycles. The first-order chi connectivity index (χ1) is 15.3. The van der Waals surface area contributed by atoms with E-state index < -0.39 is 0 Å². The maximum absolute atomic E-state index is 13.6. The van der Waals surface area contributed by atoms with Crippen molar-refractivity contribution in [2.75, 3.05) is 19.6 Å². The van der Waals surface area contributed by atoms with Gasteiger partial charge in [0, 0.05) is 23.9 Å². The van der Waals surface area contributed by atoms with E-state index in [4.69, 9.17) is 0 Å². The van der Waals surface area contributed by atoms with Gasteiger partial charge in [-0.1, -0.05) is 58.4 Å². The zero-order valence-corrected chi connectivity index (χ0v) is 20.7. The third kappa shape index (κ3) is 4.63. The average molecular weight is 453 g/mol. The van der Waals surface area contributed by atoms with Gasteiger partial charge in [-0.3, -0.25) is 9.59 Å². The average Bonchev–Trinajstić information content (AvgIpc) is 3.19. The van der Waals surface area contributed by atoms with Gasteiger partial charge in [0.25, 0.3) is 0 Å². The van der Waals surface area contributed by atoms with Crippen molar-refractivity contribution in [3.8, 4) is 0 Å². The van der Waals surface area contributed by atoms with Crippen LogP contribution in [0.2, 0.25) is 0 Å². The first kappa shape index (κ1) is 23.0. The van der Waals surface area contributed by atoms with E-state index >= 15 is 0 Å². The lowest BCUT2D eigenvalue weighted by Gasteiger charge is -2.38. The summed E-state index contributed by atoms with van der Waals surface area (Å²) in [6.07, 6.45) is 4.83. The van der Waals surface area contributed by atoms with Crippen LogP contribution in [0.5, 0.6) is 0 Å². The van der Waals surface area contributed by atoms with E-state index in [9.17, 15) is 9.59 Å². The summed E-state index contributed by atoms with van der Waals surface area (Å²) in [5.74, 6) is 0.360. The molecule has 2 aromatic rings. The molecule has 5 heteroatoms. The Morgan fingerprint density at radius 3 is 2.44 bits per heavy atom. The van der Waals surface area contributed by atoms with E-state index in [-0.39, 0.29) is 35.7 Å². The maximum Gasteiger partial charge on any atom is 0.242 e. The minimum absolute atomic E-state index is 0.0628. The summed E-state index contributed by atoms with van der Waals surface area (Å²) in [6, 6.07) is 10.9. The zero-order chi connectivity index (χ0) is 22.9.